The smallest absolute Gasteiger partial charge is 0.0695 e. The fourth-order valence-electron chi connectivity index (χ4n) is 1.89. The van der Waals surface area contributed by atoms with Crippen LogP contribution in [-0.2, 0) is 0 Å². The molecule has 0 aromatic heterocycles. The summed E-state index contributed by atoms with van der Waals surface area (Å²) in [5.74, 6) is 0. The van der Waals surface area contributed by atoms with E-state index in [-0.39, 0.29) is 6.10 Å². The summed E-state index contributed by atoms with van der Waals surface area (Å²) in [6, 6.07) is 0.401. The first kappa shape index (κ1) is 9.96. The van der Waals surface area contributed by atoms with E-state index in [4.69, 9.17) is 0 Å². The number of rotatable bonds is 4. The van der Waals surface area contributed by atoms with Crippen molar-refractivity contribution in [3.05, 3.63) is 0 Å². The van der Waals surface area contributed by atoms with Gasteiger partial charge in [0.2, 0.25) is 0 Å². The van der Waals surface area contributed by atoms with E-state index in [0.29, 0.717) is 6.04 Å². The van der Waals surface area contributed by atoms with Gasteiger partial charge in [-0.15, -0.1) is 0 Å². The van der Waals surface area contributed by atoms with Crippen molar-refractivity contribution >= 4 is 0 Å². The lowest BCUT2D eigenvalue weighted by Gasteiger charge is -2.26. The van der Waals surface area contributed by atoms with Gasteiger partial charge in [0.05, 0.1) is 6.10 Å². The number of hydrogen-bond donors (Lipinski definition) is 2. The van der Waals surface area contributed by atoms with Crippen LogP contribution in [0.2, 0.25) is 0 Å². The molecule has 0 radical (unpaired) electrons. The van der Waals surface area contributed by atoms with Gasteiger partial charge < -0.3 is 10.4 Å². The molecule has 0 aromatic carbocycles. The highest BCUT2D eigenvalue weighted by Gasteiger charge is 2.27. The minimum atomic E-state index is -0.0909. The summed E-state index contributed by atoms with van der Waals surface area (Å²) < 4.78 is 0. The predicted octanol–water partition coefficient (Wildman–Crippen LogP) is 0.0510. The Hall–Kier alpha value is -0.120. The van der Waals surface area contributed by atoms with E-state index in [1.807, 2.05) is 7.05 Å². The van der Waals surface area contributed by atoms with Gasteiger partial charge in [0.15, 0.2) is 0 Å². The lowest BCUT2D eigenvalue weighted by molar-refractivity contribution is 0.0871. The van der Waals surface area contributed by atoms with Gasteiger partial charge in [-0.2, -0.15) is 0 Å². The van der Waals surface area contributed by atoms with Crippen molar-refractivity contribution in [1.29, 1.82) is 0 Å². The number of nitrogens with zero attached hydrogens (tertiary/aromatic N) is 1. The summed E-state index contributed by atoms with van der Waals surface area (Å²) in [4.78, 5) is 2.26. The van der Waals surface area contributed by atoms with Gasteiger partial charge >= 0.3 is 0 Å². The van der Waals surface area contributed by atoms with E-state index in [1.165, 1.54) is 6.42 Å². The normalized spacial score (nSPS) is 30.0. The molecule has 1 fully saturated rings. The van der Waals surface area contributed by atoms with Crippen molar-refractivity contribution < 1.29 is 5.11 Å². The first-order valence-corrected chi connectivity index (χ1v) is 4.78. The van der Waals surface area contributed by atoms with Crippen LogP contribution in [0.25, 0.3) is 0 Å². The topological polar surface area (TPSA) is 35.5 Å². The maximum Gasteiger partial charge on any atom is 0.0695 e. The second-order valence-corrected chi connectivity index (χ2v) is 3.65. The molecule has 0 spiro atoms. The quantitative estimate of drug-likeness (QED) is 0.629. The third kappa shape index (κ3) is 2.44. The molecular weight excluding hydrogens is 152 g/mol. The zero-order chi connectivity index (χ0) is 8.97. The average molecular weight is 172 g/mol. The largest absolute Gasteiger partial charge is 0.391 e. The van der Waals surface area contributed by atoms with Crippen LogP contribution in [0.4, 0.5) is 0 Å². The Morgan fingerprint density at radius 3 is 2.75 bits per heavy atom. The Labute approximate surface area is 74.8 Å². The number of hydrogen-bond acceptors (Lipinski definition) is 3. The van der Waals surface area contributed by atoms with Crippen molar-refractivity contribution in [3.63, 3.8) is 0 Å². The van der Waals surface area contributed by atoms with Crippen LogP contribution in [0.1, 0.15) is 19.3 Å². The van der Waals surface area contributed by atoms with Gasteiger partial charge in [0.1, 0.15) is 0 Å². The average Bonchev–Trinajstić information content (AvgIpc) is 2.47. The minimum Gasteiger partial charge on any atom is -0.391 e. The van der Waals surface area contributed by atoms with E-state index in [1.54, 1.807) is 0 Å². The molecule has 2 unspecified atom stereocenters. The van der Waals surface area contributed by atoms with Crippen molar-refractivity contribution in [2.24, 2.45) is 0 Å². The highest BCUT2D eigenvalue weighted by atomic mass is 16.3. The van der Waals surface area contributed by atoms with E-state index in [9.17, 15) is 5.11 Å². The number of likely N-dealkylation sites (N-methyl/N-ethyl adjacent to an activating group) is 2. The molecule has 0 amide bonds. The molecule has 1 aliphatic carbocycles. The van der Waals surface area contributed by atoms with Crippen molar-refractivity contribution in [2.75, 3.05) is 27.2 Å². The Bertz CT molecular complexity index is 130. The molecule has 0 aromatic rings. The second kappa shape index (κ2) is 4.80. The monoisotopic (exact) mass is 172 g/mol. The summed E-state index contributed by atoms with van der Waals surface area (Å²) in [6.07, 6.45) is 3.22. The molecular formula is C9H20N2O. The van der Waals surface area contributed by atoms with Gasteiger partial charge in [-0.25, -0.2) is 0 Å². The second-order valence-electron chi connectivity index (χ2n) is 3.65. The molecule has 12 heavy (non-hydrogen) atoms. The van der Waals surface area contributed by atoms with Crippen molar-refractivity contribution in [2.45, 2.75) is 31.4 Å². The maximum absolute atomic E-state index is 9.60. The number of aliphatic hydroxyl groups is 1. The molecule has 72 valence electrons. The molecule has 3 nitrogen and oxygen atoms in total. The lowest BCUT2D eigenvalue weighted by atomic mass is 10.2. The third-order valence-corrected chi connectivity index (χ3v) is 2.72. The molecule has 2 N–H and O–H groups in total. The summed E-state index contributed by atoms with van der Waals surface area (Å²) in [7, 11) is 4.05. The molecule has 0 aliphatic heterocycles. The number of aliphatic hydroxyl groups excluding tert-OH is 1. The van der Waals surface area contributed by atoms with Crippen LogP contribution in [-0.4, -0.2) is 49.3 Å². The van der Waals surface area contributed by atoms with E-state index in [0.717, 1.165) is 25.9 Å². The van der Waals surface area contributed by atoms with Crippen LogP contribution in [0, 0.1) is 0 Å². The predicted molar refractivity (Wildman–Crippen MR) is 50.2 cm³/mol. The van der Waals surface area contributed by atoms with E-state index < -0.39 is 0 Å². The fourth-order valence-corrected chi connectivity index (χ4v) is 1.89. The lowest BCUT2D eigenvalue weighted by Crippen LogP contribution is -2.40. The van der Waals surface area contributed by atoms with Crippen LogP contribution < -0.4 is 5.32 Å². The van der Waals surface area contributed by atoms with Gasteiger partial charge in [0, 0.05) is 19.1 Å². The summed E-state index contributed by atoms with van der Waals surface area (Å²) in [6.45, 7) is 2.03. The maximum atomic E-state index is 9.60. The summed E-state index contributed by atoms with van der Waals surface area (Å²) in [5.41, 5.74) is 0. The van der Waals surface area contributed by atoms with Gasteiger partial charge in [-0.3, -0.25) is 4.90 Å². The Morgan fingerprint density at radius 1 is 1.50 bits per heavy atom. The zero-order valence-electron chi connectivity index (χ0n) is 8.08. The molecule has 1 rings (SSSR count). The van der Waals surface area contributed by atoms with Crippen molar-refractivity contribution in [1.82, 2.24) is 10.2 Å². The standard InChI is InChI=1S/C9H20N2O/c1-10-6-7-11(2)8-4-3-5-9(8)12/h8-10,12H,3-7H2,1-2H3. The summed E-state index contributed by atoms with van der Waals surface area (Å²) >= 11 is 0. The highest BCUT2D eigenvalue weighted by Crippen LogP contribution is 2.22. The molecule has 0 bridgehead atoms. The van der Waals surface area contributed by atoms with Crippen LogP contribution in [0.15, 0.2) is 0 Å². The van der Waals surface area contributed by atoms with Crippen LogP contribution in [0.5, 0.6) is 0 Å². The van der Waals surface area contributed by atoms with Crippen LogP contribution >= 0.6 is 0 Å². The minimum absolute atomic E-state index is 0.0909. The molecule has 1 saturated carbocycles. The molecule has 2 atom stereocenters. The molecule has 0 heterocycles. The summed E-state index contributed by atoms with van der Waals surface area (Å²) in [5, 5.41) is 12.7. The van der Waals surface area contributed by atoms with Gasteiger partial charge in [0.25, 0.3) is 0 Å². The van der Waals surface area contributed by atoms with Gasteiger partial charge in [-0.05, 0) is 33.4 Å². The van der Waals surface area contributed by atoms with E-state index >= 15 is 0 Å². The molecule has 0 saturated heterocycles. The highest BCUT2D eigenvalue weighted by molar-refractivity contribution is 4.83. The van der Waals surface area contributed by atoms with Gasteiger partial charge in [-0.1, -0.05) is 0 Å². The van der Waals surface area contributed by atoms with E-state index in [2.05, 4.69) is 17.3 Å². The van der Waals surface area contributed by atoms with Crippen LogP contribution in [0.3, 0.4) is 0 Å². The zero-order valence-corrected chi connectivity index (χ0v) is 8.08. The first-order chi connectivity index (χ1) is 5.75. The molecule has 1 aliphatic rings. The third-order valence-electron chi connectivity index (χ3n) is 2.72. The fraction of sp³-hybridized carbons (Fsp3) is 1.00. The Balaban J connectivity index is 2.25. The Kier molecular flexibility index (Phi) is 3.98. The number of nitrogens with one attached hydrogen (secondary N) is 1. The van der Waals surface area contributed by atoms with Crippen molar-refractivity contribution in [3.8, 4) is 0 Å². The first-order valence-electron chi connectivity index (χ1n) is 4.78. The SMILES string of the molecule is CNCCN(C)C1CCCC1O. The molecule has 3 heteroatoms. The Morgan fingerprint density at radius 2 is 2.25 bits per heavy atom.